The second-order valence-electron chi connectivity index (χ2n) is 5.66. The van der Waals surface area contributed by atoms with Crippen molar-refractivity contribution >= 4 is 17.7 Å². The Balaban J connectivity index is 1.67. The summed E-state index contributed by atoms with van der Waals surface area (Å²) in [7, 11) is 0. The van der Waals surface area contributed by atoms with Gasteiger partial charge in [-0.2, -0.15) is 11.8 Å². The highest BCUT2D eigenvalue weighted by Gasteiger charge is 2.24. The second kappa shape index (κ2) is 9.16. The summed E-state index contributed by atoms with van der Waals surface area (Å²) in [5.41, 5.74) is 0.934. The van der Waals surface area contributed by atoms with Crippen molar-refractivity contribution in [3.8, 4) is 0 Å². The van der Waals surface area contributed by atoms with Crippen LogP contribution in [-0.4, -0.2) is 41.9 Å². The van der Waals surface area contributed by atoms with Crippen molar-refractivity contribution in [2.75, 3.05) is 31.1 Å². The molecule has 2 rings (SSSR count). The number of amides is 1. The van der Waals surface area contributed by atoms with Crippen LogP contribution >= 0.6 is 11.8 Å². The molecule has 1 N–H and O–H groups in total. The van der Waals surface area contributed by atoms with Gasteiger partial charge in [-0.1, -0.05) is 19.1 Å². The van der Waals surface area contributed by atoms with Crippen LogP contribution in [-0.2, 0) is 11.3 Å². The Morgan fingerprint density at radius 2 is 2.00 bits per heavy atom. The van der Waals surface area contributed by atoms with Crippen molar-refractivity contribution < 1.29 is 9.18 Å². The molecule has 0 aromatic heterocycles. The molecule has 3 nitrogen and oxygen atoms in total. The zero-order valence-corrected chi connectivity index (χ0v) is 14.0. The second-order valence-corrected chi connectivity index (χ2v) is 7.05. The van der Waals surface area contributed by atoms with E-state index in [1.807, 2.05) is 11.8 Å². The summed E-state index contributed by atoms with van der Waals surface area (Å²) >= 11 is 1.97. The predicted octanol–water partition coefficient (Wildman–Crippen LogP) is 2.91. The minimum Gasteiger partial charge on any atom is -0.352 e. The van der Waals surface area contributed by atoms with Crippen LogP contribution in [0.1, 0.15) is 25.3 Å². The molecule has 122 valence electrons. The maximum atomic E-state index is 12.8. The van der Waals surface area contributed by atoms with Crippen LogP contribution in [0.3, 0.4) is 0 Å². The molecule has 0 spiro atoms. The first kappa shape index (κ1) is 17.3. The van der Waals surface area contributed by atoms with Crippen molar-refractivity contribution in [1.29, 1.82) is 0 Å². The van der Waals surface area contributed by atoms with E-state index >= 15 is 0 Å². The lowest BCUT2D eigenvalue weighted by Gasteiger charge is -2.31. The standard InChI is InChI=1S/C17H25FN2OS/c1-2-22-12-11-20-9-7-15(8-10-20)17(21)19-13-14-3-5-16(18)6-4-14/h3-6,15H,2,7-13H2,1H3,(H,19,21). The highest BCUT2D eigenvalue weighted by atomic mass is 32.2. The number of piperidine rings is 1. The monoisotopic (exact) mass is 324 g/mol. The van der Waals surface area contributed by atoms with Gasteiger partial charge in [0.05, 0.1) is 0 Å². The van der Waals surface area contributed by atoms with Crippen LogP contribution in [0.25, 0.3) is 0 Å². The Hall–Kier alpha value is -1.07. The number of hydrogen-bond donors (Lipinski definition) is 1. The number of nitrogens with zero attached hydrogens (tertiary/aromatic N) is 1. The van der Waals surface area contributed by atoms with Gasteiger partial charge in [-0.25, -0.2) is 4.39 Å². The van der Waals surface area contributed by atoms with Crippen LogP contribution in [0, 0.1) is 11.7 Å². The molecular formula is C17H25FN2OS. The number of benzene rings is 1. The van der Waals surface area contributed by atoms with E-state index < -0.39 is 0 Å². The maximum Gasteiger partial charge on any atom is 0.223 e. The average molecular weight is 324 g/mol. The number of halogens is 1. The summed E-state index contributed by atoms with van der Waals surface area (Å²) in [4.78, 5) is 14.6. The van der Waals surface area contributed by atoms with Crippen molar-refractivity contribution in [3.63, 3.8) is 0 Å². The summed E-state index contributed by atoms with van der Waals surface area (Å²) in [5, 5.41) is 2.97. The van der Waals surface area contributed by atoms with Crippen LogP contribution in [0.4, 0.5) is 4.39 Å². The third-order valence-electron chi connectivity index (χ3n) is 4.09. The van der Waals surface area contributed by atoms with E-state index in [0.29, 0.717) is 6.54 Å². The largest absolute Gasteiger partial charge is 0.352 e. The summed E-state index contributed by atoms with van der Waals surface area (Å²) in [6, 6.07) is 6.27. The van der Waals surface area contributed by atoms with Crippen LogP contribution < -0.4 is 5.32 Å². The first-order chi connectivity index (χ1) is 10.7. The molecule has 5 heteroatoms. The molecule has 1 aliphatic rings. The number of rotatable bonds is 7. The fourth-order valence-electron chi connectivity index (χ4n) is 2.69. The van der Waals surface area contributed by atoms with Crippen molar-refractivity contribution in [3.05, 3.63) is 35.6 Å². The highest BCUT2D eigenvalue weighted by molar-refractivity contribution is 7.99. The minimum absolute atomic E-state index is 0.121. The molecule has 1 aliphatic heterocycles. The number of nitrogens with one attached hydrogen (secondary N) is 1. The van der Waals surface area contributed by atoms with E-state index in [-0.39, 0.29) is 17.6 Å². The van der Waals surface area contributed by atoms with E-state index in [9.17, 15) is 9.18 Å². The lowest BCUT2D eigenvalue weighted by Crippen LogP contribution is -2.41. The van der Waals surface area contributed by atoms with Gasteiger partial charge in [0.1, 0.15) is 5.82 Å². The maximum absolute atomic E-state index is 12.8. The molecule has 0 unspecified atom stereocenters. The van der Waals surface area contributed by atoms with Gasteiger partial charge in [-0.05, 0) is 49.4 Å². The van der Waals surface area contributed by atoms with Gasteiger partial charge in [0.2, 0.25) is 5.91 Å². The quantitative estimate of drug-likeness (QED) is 0.783. The van der Waals surface area contributed by atoms with E-state index in [1.165, 1.54) is 23.6 Å². The molecule has 1 saturated heterocycles. The normalized spacial score (nSPS) is 16.6. The predicted molar refractivity (Wildman–Crippen MR) is 90.4 cm³/mol. The number of carbonyl (C=O) groups excluding carboxylic acids is 1. The number of thioether (sulfide) groups is 1. The fourth-order valence-corrected chi connectivity index (χ4v) is 3.37. The zero-order valence-electron chi connectivity index (χ0n) is 13.2. The molecule has 1 aromatic carbocycles. The van der Waals surface area contributed by atoms with E-state index in [2.05, 4.69) is 17.1 Å². The molecule has 1 heterocycles. The third kappa shape index (κ3) is 5.61. The highest BCUT2D eigenvalue weighted by Crippen LogP contribution is 2.18. The number of likely N-dealkylation sites (tertiary alicyclic amines) is 1. The van der Waals surface area contributed by atoms with Crippen molar-refractivity contribution in [2.24, 2.45) is 5.92 Å². The molecule has 1 amide bonds. The minimum atomic E-state index is -0.247. The lowest BCUT2D eigenvalue weighted by molar-refractivity contribution is -0.126. The molecule has 0 saturated carbocycles. The SMILES string of the molecule is CCSCCN1CCC(C(=O)NCc2ccc(F)cc2)CC1. The summed E-state index contributed by atoms with van der Waals surface area (Å²) in [6.07, 6.45) is 1.87. The Kier molecular flexibility index (Phi) is 7.19. The lowest BCUT2D eigenvalue weighted by atomic mass is 9.96. The Bertz CT molecular complexity index is 458. The van der Waals surface area contributed by atoms with Crippen LogP contribution in [0.2, 0.25) is 0 Å². The number of carbonyl (C=O) groups is 1. The molecule has 22 heavy (non-hydrogen) atoms. The van der Waals surface area contributed by atoms with Crippen LogP contribution in [0.15, 0.2) is 24.3 Å². The van der Waals surface area contributed by atoms with E-state index in [0.717, 1.165) is 38.0 Å². The Morgan fingerprint density at radius 1 is 1.32 bits per heavy atom. The summed E-state index contributed by atoms with van der Waals surface area (Å²) in [6.45, 7) is 5.81. The van der Waals surface area contributed by atoms with E-state index in [4.69, 9.17) is 0 Å². The van der Waals surface area contributed by atoms with Gasteiger partial charge in [-0.3, -0.25) is 4.79 Å². The molecule has 0 radical (unpaired) electrons. The Labute approximate surface area is 136 Å². The molecule has 0 aliphatic carbocycles. The van der Waals surface area contributed by atoms with Gasteiger partial charge >= 0.3 is 0 Å². The molecule has 1 fully saturated rings. The summed E-state index contributed by atoms with van der Waals surface area (Å²) in [5.74, 6) is 2.35. The molecular weight excluding hydrogens is 299 g/mol. The van der Waals surface area contributed by atoms with Gasteiger partial charge in [0.15, 0.2) is 0 Å². The average Bonchev–Trinajstić information content (AvgIpc) is 2.55. The fraction of sp³-hybridized carbons (Fsp3) is 0.588. The number of hydrogen-bond acceptors (Lipinski definition) is 3. The topological polar surface area (TPSA) is 32.3 Å². The van der Waals surface area contributed by atoms with Crippen molar-refractivity contribution in [1.82, 2.24) is 10.2 Å². The van der Waals surface area contributed by atoms with Gasteiger partial charge in [0.25, 0.3) is 0 Å². The Morgan fingerprint density at radius 3 is 2.64 bits per heavy atom. The van der Waals surface area contributed by atoms with Gasteiger partial charge in [-0.15, -0.1) is 0 Å². The third-order valence-corrected chi connectivity index (χ3v) is 4.97. The molecule has 1 aromatic rings. The van der Waals surface area contributed by atoms with Crippen LogP contribution in [0.5, 0.6) is 0 Å². The van der Waals surface area contributed by atoms with Crippen molar-refractivity contribution in [2.45, 2.75) is 26.3 Å². The smallest absolute Gasteiger partial charge is 0.223 e. The zero-order chi connectivity index (χ0) is 15.8. The first-order valence-electron chi connectivity index (χ1n) is 8.01. The first-order valence-corrected chi connectivity index (χ1v) is 9.16. The van der Waals surface area contributed by atoms with Gasteiger partial charge < -0.3 is 10.2 Å². The molecule has 0 bridgehead atoms. The molecule has 0 atom stereocenters. The summed E-state index contributed by atoms with van der Waals surface area (Å²) < 4.78 is 12.8. The van der Waals surface area contributed by atoms with Gasteiger partial charge in [0, 0.05) is 24.8 Å². The van der Waals surface area contributed by atoms with E-state index in [1.54, 1.807) is 12.1 Å².